The third-order valence-corrected chi connectivity index (χ3v) is 17.9. The van der Waals surface area contributed by atoms with Gasteiger partial charge in [0.15, 0.2) is 19.9 Å². The molecule has 7 heteroatoms. The first-order valence-electron chi connectivity index (χ1n) is 14.4. The summed E-state index contributed by atoms with van der Waals surface area (Å²) in [6.07, 6.45) is 2.11. The van der Waals surface area contributed by atoms with Gasteiger partial charge in [0.25, 0.3) is 8.32 Å². The number of ether oxygens (including phenoxy) is 2. The van der Waals surface area contributed by atoms with Crippen LogP contribution in [0.15, 0.2) is 72.8 Å². The van der Waals surface area contributed by atoms with Crippen LogP contribution in [0.3, 0.4) is 0 Å². The maximum Gasteiger partial charge on any atom is 0.262 e. The van der Waals surface area contributed by atoms with Crippen LogP contribution in [0.1, 0.15) is 62.3 Å². The predicted molar refractivity (Wildman–Crippen MR) is 169 cm³/mol. The Morgan fingerprint density at radius 2 is 1.40 bits per heavy atom. The van der Waals surface area contributed by atoms with Crippen molar-refractivity contribution in [1.29, 1.82) is 0 Å². The molecule has 0 amide bonds. The monoisotopic (exact) mass is 582 g/mol. The maximum absolute atomic E-state index is 13.6. The van der Waals surface area contributed by atoms with Gasteiger partial charge in [-0.1, -0.05) is 102 Å². The molecule has 40 heavy (non-hydrogen) atoms. The average molecular weight is 583 g/mol. The lowest BCUT2D eigenvalue weighted by molar-refractivity contribution is -0.145. The van der Waals surface area contributed by atoms with Crippen LogP contribution < -0.4 is 10.4 Å². The normalized spacial score (nSPS) is 21.1. The smallest absolute Gasteiger partial charge is 0.262 e. The van der Waals surface area contributed by atoms with Gasteiger partial charge in [-0.2, -0.15) is 0 Å². The topological polar surface area (TPSA) is 54.0 Å². The van der Waals surface area contributed by atoms with Crippen molar-refractivity contribution in [1.82, 2.24) is 0 Å². The molecule has 0 unspecified atom stereocenters. The highest BCUT2D eigenvalue weighted by atomic mass is 28.4. The molecule has 1 saturated heterocycles. The Morgan fingerprint density at radius 1 is 0.900 bits per heavy atom. The summed E-state index contributed by atoms with van der Waals surface area (Å²) in [7, 11) is -4.81. The van der Waals surface area contributed by atoms with Crippen molar-refractivity contribution in [3.8, 4) is 0 Å². The van der Waals surface area contributed by atoms with Crippen LogP contribution in [0.5, 0.6) is 0 Å². The van der Waals surface area contributed by atoms with Gasteiger partial charge in [0.2, 0.25) is 0 Å². The molecule has 2 aromatic rings. The number of benzene rings is 2. The van der Waals surface area contributed by atoms with Crippen LogP contribution in [-0.2, 0) is 23.1 Å². The Balaban J connectivity index is 1.85. The zero-order chi connectivity index (χ0) is 30.0. The van der Waals surface area contributed by atoms with Gasteiger partial charge < -0.3 is 18.3 Å². The van der Waals surface area contributed by atoms with Crippen LogP contribution in [0.25, 0.3) is 0 Å². The summed E-state index contributed by atoms with van der Waals surface area (Å²) in [4.78, 5) is 13.6. The minimum atomic E-state index is -2.85. The van der Waals surface area contributed by atoms with E-state index in [-0.39, 0.29) is 28.1 Å². The van der Waals surface area contributed by atoms with E-state index in [1.807, 2.05) is 63.2 Å². The molecular weight excluding hydrogens is 533 g/mol. The highest BCUT2D eigenvalue weighted by Gasteiger charge is 2.51. The second-order valence-electron chi connectivity index (χ2n) is 13.9. The first-order valence-corrected chi connectivity index (χ1v) is 19.2. The van der Waals surface area contributed by atoms with Gasteiger partial charge in [-0.15, -0.1) is 0 Å². The van der Waals surface area contributed by atoms with Crippen molar-refractivity contribution in [3.63, 3.8) is 0 Å². The van der Waals surface area contributed by atoms with Crippen molar-refractivity contribution >= 4 is 32.8 Å². The SMILES string of the molecule is C[C@H](O[Si](c1ccccc1)(c1ccccc1)C(C)(C)C)C(=O)/C=C/[C@H]1OC(C)(C)O[C@@H]1CO[Si](C)(C)C(C)(C)C. The van der Waals surface area contributed by atoms with E-state index in [9.17, 15) is 4.79 Å². The molecule has 1 aliphatic rings. The molecule has 1 aliphatic heterocycles. The molecule has 0 N–H and O–H groups in total. The molecular formula is C33H50O5Si2. The predicted octanol–water partition coefficient (Wildman–Crippen LogP) is 6.62. The van der Waals surface area contributed by atoms with Crippen molar-refractivity contribution in [3.05, 3.63) is 72.8 Å². The second kappa shape index (κ2) is 12.2. The Bertz CT molecular complexity index is 1110. The van der Waals surface area contributed by atoms with Gasteiger partial charge in [-0.3, -0.25) is 4.79 Å². The lowest BCUT2D eigenvalue weighted by Gasteiger charge is -2.44. The van der Waals surface area contributed by atoms with Crippen molar-refractivity contribution < 1.29 is 23.1 Å². The number of hydrogen-bond acceptors (Lipinski definition) is 5. The van der Waals surface area contributed by atoms with Crippen LogP contribution in [0, 0.1) is 0 Å². The standard InChI is InChI=1S/C33H50O5Si2/c1-25(38-40(32(5,6)7,26-18-14-12-15-19-26)27-20-16-13-17-21-27)28(34)22-23-29-30(37-33(8,9)36-29)24-35-39(10,11)31(2,3)4/h12-23,25,29-30H,24H2,1-11H3/b23-22+/t25-,29+,30+/m0/s1. The lowest BCUT2D eigenvalue weighted by Crippen LogP contribution is -2.68. The summed E-state index contributed by atoms with van der Waals surface area (Å²) in [5.41, 5.74) is 0. The molecule has 3 atom stereocenters. The summed E-state index contributed by atoms with van der Waals surface area (Å²) in [5, 5.41) is 2.17. The Morgan fingerprint density at radius 3 is 1.85 bits per heavy atom. The van der Waals surface area contributed by atoms with Gasteiger partial charge in [0.05, 0.1) is 6.61 Å². The number of hydrogen-bond donors (Lipinski definition) is 0. The molecule has 5 nitrogen and oxygen atoms in total. The summed E-state index contributed by atoms with van der Waals surface area (Å²) in [6, 6.07) is 20.8. The van der Waals surface area contributed by atoms with Gasteiger partial charge in [0.1, 0.15) is 18.3 Å². The van der Waals surface area contributed by atoms with E-state index in [2.05, 4.69) is 78.9 Å². The van der Waals surface area contributed by atoms with Crippen LogP contribution in [0.4, 0.5) is 0 Å². The van der Waals surface area contributed by atoms with Crippen LogP contribution >= 0.6 is 0 Å². The largest absolute Gasteiger partial charge is 0.414 e. The third kappa shape index (κ3) is 7.30. The maximum atomic E-state index is 13.6. The Hall–Kier alpha value is -1.88. The molecule has 0 bridgehead atoms. The second-order valence-corrected chi connectivity index (χ2v) is 23.0. The zero-order valence-electron chi connectivity index (χ0n) is 26.4. The van der Waals surface area contributed by atoms with Crippen LogP contribution in [0.2, 0.25) is 23.2 Å². The molecule has 0 aliphatic carbocycles. The summed E-state index contributed by atoms with van der Waals surface area (Å²) in [6.45, 7) is 23.8. The van der Waals surface area contributed by atoms with E-state index in [1.54, 1.807) is 6.08 Å². The minimum absolute atomic E-state index is 0.0923. The highest BCUT2D eigenvalue weighted by Crippen LogP contribution is 2.39. The fraction of sp³-hybridized carbons (Fsp3) is 0.545. The van der Waals surface area contributed by atoms with E-state index in [0.717, 1.165) is 10.4 Å². The summed E-state index contributed by atoms with van der Waals surface area (Å²) in [5.74, 6) is -0.846. The number of rotatable bonds is 10. The molecule has 2 aromatic carbocycles. The number of ketones is 1. The first kappa shape index (κ1) is 32.6. The fourth-order valence-electron chi connectivity index (χ4n) is 5.00. The Kier molecular flexibility index (Phi) is 9.92. The van der Waals surface area contributed by atoms with Gasteiger partial charge in [-0.25, -0.2) is 0 Å². The molecule has 3 rings (SSSR count). The number of carbonyl (C=O) groups excluding carboxylic acids is 1. The molecule has 0 radical (unpaired) electrons. The fourth-order valence-corrected chi connectivity index (χ4v) is 10.7. The zero-order valence-corrected chi connectivity index (χ0v) is 28.4. The molecule has 1 fully saturated rings. The third-order valence-electron chi connectivity index (χ3n) is 8.26. The van der Waals surface area contributed by atoms with Crippen molar-refractivity contribution in [2.24, 2.45) is 0 Å². The molecule has 1 heterocycles. The average Bonchev–Trinajstić information content (AvgIpc) is 3.17. The quantitative estimate of drug-likeness (QED) is 0.233. The van der Waals surface area contributed by atoms with Crippen molar-refractivity contribution in [2.45, 2.75) is 110 Å². The van der Waals surface area contributed by atoms with Crippen molar-refractivity contribution in [2.75, 3.05) is 6.61 Å². The Labute approximate surface area is 244 Å². The van der Waals surface area contributed by atoms with E-state index < -0.39 is 28.5 Å². The van der Waals surface area contributed by atoms with Gasteiger partial charge in [-0.05, 0) is 66.5 Å². The van der Waals surface area contributed by atoms with Gasteiger partial charge in [0, 0.05) is 0 Å². The summed E-state index contributed by atoms with van der Waals surface area (Å²) >= 11 is 0. The van der Waals surface area contributed by atoms with E-state index >= 15 is 0 Å². The van der Waals surface area contributed by atoms with Crippen LogP contribution in [-0.4, -0.2) is 53.1 Å². The molecule has 0 aromatic heterocycles. The highest BCUT2D eigenvalue weighted by molar-refractivity contribution is 6.99. The molecule has 220 valence electrons. The number of carbonyl (C=O) groups is 1. The first-order chi connectivity index (χ1) is 18.4. The van der Waals surface area contributed by atoms with E-state index in [4.69, 9.17) is 18.3 Å². The van der Waals surface area contributed by atoms with Gasteiger partial charge >= 0.3 is 0 Å². The summed E-state index contributed by atoms with van der Waals surface area (Å²) < 4.78 is 25.8. The molecule has 0 saturated carbocycles. The lowest BCUT2D eigenvalue weighted by atomic mass is 10.1. The minimum Gasteiger partial charge on any atom is -0.414 e. The van der Waals surface area contributed by atoms with E-state index in [0.29, 0.717) is 6.61 Å². The van der Waals surface area contributed by atoms with E-state index in [1.165, 1.54) is 0 Å². The molecule has 0 spiro atoms.